The summed E-state index contributed by atoms with van der Waals surface area (Å²) in [6, 6.07) is 0. The number of carbonyl (C=O) groups is 1. The normalized spacial score (nSPS) is 9.09. The van der Waals surface area contributed by atoms with E-state index in [4.69, 9.17) is 5.73 Å². The van der Waals surface area contributed by atoms with Crippen LogP contribution in [0.3, 0.4) is 0 Å². The van der Waals surface area contributed by atoms with Crippen molar-refractivity contribution < 1.29 is 4.79 Å². The molecule has 0 aromatic carbocycles. The summed E-state index contributed by atoms with van der Waals surface area (Å²) in [6.07, 6.45) is 1.61. The topological polar surface area (TPSA) is 46.3 Å². The minimum absolute atomic E-state index is 0.0236. The highest BCUT2D eigenvalue weighted by atomic mass is 16.2. The van der Waals surface area contributed by atoms with Crippen molar-refractivity contribution in [2.24, 2.45) is 5.73 Å². The molecule has 0 heterocycles. The summed E-state index contributed by atoms with van der Waals surface area (Å²) in [5, 5.41) is 0. The molecule has 0 bridgehead atoms. The molecule has 11 heavy (non-hydrogen) atoms. The lowest BCUT2D eigenvalue weighted by molar-refractivity contribution is -0.124. The Balaban J connectivity index is 3.93. The summed E-state index contributed by atoms with van der Waals surface area (Å²) in [5.41, 5.74) is 6.30. The standard InChI is InChI=1S/C8H16N2O/c1-7(2)6-8(11)10(3)5-4-9/h6H,4-5,9H2,1-3H3. The predicted octanol–water partition coefficient (Wildman–Crippen LogP) is 0.370. The molecule has 3 heteroatoms. The number of carbonyl (C=O) groups excluding carboxylic acids is 1. The summed E-state index contributed by atoms with van der Waals surface area (Å²) in [7, 11) is 1.74. The highest BCUT2D eigenvalue weighted by Gasteiger charge is 2.02. The monoisotopic (exact) mass is 156 g/mol. The Hall–Kier alpha value is -0.830. The van der Waals surface area contributed by atoms with E-state index >= 15 is 0 Å². The van der Waals surface area contributed by atoms with Gasteiger partial charge in [-0.3, -0.25) is 4.79 Å². The zero-order valence-electron chi connectivity index (χ0n) is 7.42. The zero-order chi connectivity index (χ0) is 8.85. The third-order valence-electron chi connectivity index (χ3n) is 1.25. The summed E-state index contributed by atoms with van der Waals surface area (Å²) in [6.45, 7) is 4.92. The van der Waals surface area contributed by atoms with E-state index in [0.717, 1.165) is 5.57 Å². The molecule has 0 radical (unpaired) electrons. The second-order valence-electron chi connectivity index (χ2n) is 2.77. The van der Waals surface area contributed by atoms with E-state index in [2.05, 4.69) is 0 Å². The van der Waals surface area contributed by atoms with Gasteiger partial charge in [0.2, 0.25) is 5.91 Å². The van der Waals surface area contributed by atoms with Gasteiger partial charge in [0.1, 0.15) is 0 Å². The molecule has 0 aliphatic carbocycles. The second kappa shape index (κ2) is 4.91. The molecule has 0 aliphatic rings. The molecule has 0 aliphatic heterocycles. The Labute approximate surface area is 67.9 Å². The number of hydrogen-bond acceptors (Lipinski definition) is 2. The van der Waals surface area contributed by atoms with Gasteiger partial charge in [0.25, 0.3) is 0 Å². The molecule has 0 spiro atoms. The van der Waals surface area contributed by atoms with Crippen LogP contribution in [-0.4, -0.2) is 30.9 Å². The maximum Gasteiger partial charge on any atom is 0.246 e. The van der Waals surface area contributed by atoms with Crippen molar-refractivity contribution in [1.29, 1.82) is 0 Å². The molecule has 0 aromatic heterocycles. The molecule has 2 N–H and O–H groups in total. The van der Waals surface area contributed by atoms with E-state index in [1.165, 1.54) is 0 Å². The lowest BCUT2D eigenvalue weighted by Crippen LogP contribution is -2.30. The second-order valence-corrected chi connectivity index (χ2v) is 2.77. The van der Waals surface area contributed by atoms with Gasteiger partial charge in [-0.05, 0) is 13.8 Å². The van der Waals surface area contributed by atoms with E-state index in [-0.39, 0.29) is 5.91 Å². The molecule has 0 atom stereocenters. The van der Waals surface area contributed by atoms with Crippen molar-refractivity contribution in [3.05, 3.63) is 11.6 Å². The minimum Gasteiger partial charge on any atom is -0.341 e. The average Bonchev–Trinajstić information content (AvgIpc) is 1.86. The van der Waals surface area contributed by atoms with Gasteiger partial charge in [0.15, 0.2) is 0 Å². The lowest BCUT2D eigenvalue weighted by atomic mass is 10.3. The van der Waals surface area contributed by atoms with Gasteiger partial charge >= 0.3 is 0 Å². The minimum atomic E-state index is 0.0236. The Kier molecular flexibility index (Phi) is 4.54. The molecule has 1 amide bonds. The molecule has 0 unspecified atom stereocenters. The average molecular weight is 156 g/mol. The zero-order valence-corrected chi connectivity index (χ0v) is 7.42. The van der Waals surface area contributed by atoms with Crippen molar-refractivity contribution in [2.45, 2.75) is 13.8 Å². The van der Waals surface area contributed by atoms with Crippen molar-refractivity contribution in [3.63, 3.8) is 0 Å². The van der Waals surface area contributed by atoms with Crippen LogP contribution in [0.4, 0.5) is 0 Å². The van der Waals surface area contributed by atoms with Crippen molar-refractivity contribution in [1.82, 2.24) is 4.90 Å². The molecule has 0 rings (SSSR count). The maximum absolute atomic E-state index is 11.1. The Morgan fingerprint density at radius 2 is 2.09 bits per heavy atom. The molecule has 3 nitrogen and oxygen atoms in total. The SMILES string of the molecule is CC(C)=CC(=O)N(C)CCN. The Morgan fingerprint density at radius 3 is 2.45 bits per heavy atom. The van der Waals surface area contributed by atoms with E-state index in [1.807, 2.05) is 13.8 Å². The van der Waals surface area contributed by atoms with E-state index in [0.29, 0.717) is 13.1 Å². The molecular weight excluding hydrogens is 140 g/mol. The van der Waals surface area contributed by atoms with E-state index < -0.39 is 0 Å². The number of allylic oxidation sites excluding steroid dienone is 1. The van der Waals surface area contributed by atoms with Crippen LogP contribution in [0.1, 0.15) is 13.8 Å². The summed E-state index contributed by atoms with van der Waals surface area (Å²) in [4.78, 5) is 12.7. The Morgan fingerprint density at radius 1 is 1.55 bits per heavy atom. The molecule has 0 saturated heterocycles. The number of hydrogen-bond donors (Lipinski definition) is 1. The summed E-state index contributed by atoms with van der Waals surface area (Å²) >= 11 is 0. The fourth-order valence-electron chi connectivity index (χ4n) is 0.661. The molecular formula is C8H16N2O. The van der Waals surface area contributed by atoms with Crippen LogP contribution < -0.4 is 5.73 Å². The van der Waals surface area contributed by atoms with Crippen molar-refractivity contribution in [3.8, 4) is 0 Å². The van der Waals surface area contributed by atoms with Crippen LogP contribution in [0.15, 0.2) is 11.6 Å². The smallest absolute Gasteiger partial charge is 0.246 e. The molecule has 0 saturated carbocycles. The highest BCUT2D eigenvalue weighted by Crippen LogP contribution is 1.92. The first-order chi connectivity index (χ1) is 5.07. The number of nitrogens with zero attached hydrogens (tertiary/aromatic N) is 1. The van der Waals surface area contributed by atoms with Crippen molar-refractivity contribution >= 4 is 5.91 Å². The summed E-state index contributed by atoms with van der Waals surface area (Å²) < 4.78 is 0. The van der Waals surface area contributed by atoms with Crippen LogP contribution in [0.25, 0.3) is 0 Å². The first-order valence-corrected chi connectivity index (χ1v) is 3.68. The van der Waals surface area contributed by atoms with Gasteiger partial charge in [-0.2, -0.15) is 0 Å². The highest BCUT2D eigenvalue weighted by molar-refractivity contribution is 5.87. The van der Waals surface area contributed by atoms with Gasteiger partial charge in [-0.25, -0.2) is 0 Å². The fourth-order valence-corrected chi connectivity index (χ4v) is 0.661. The first-order valence-electron chi connectivity index (χ1n) is 3.68. The number of amides is 1. The Bertz CT molecular complexity index is 159. The van der Waals surface area contributed by atoms with Crippen LogP contribution in [-0.2, 0) is 4.79 Å². The van der Waals surface area contributed by atoms with Crippen LogP contribution in [0.5, 0.6) is 0 Å². The maximum atomic E-state index is 11.1. The molecule has 0 aromatic rings. The van der Waals surface area contributed by atoms with Crippen molar-refractivity contribution in [2.75, 3.05) is 20.1 Å². The molecule has 64 valence electrons. The molecule has 0 fully saturated rings. The van der Waals surface area contributed by atoms with Crippen LogP contribution in [0, 0.1) is 0 Å². The van der Waals surface area contributed by atoms with E-state index in [1.54, 1.807) is 18.0 Å². The van der Waals surface area contributed by atoms with Gasteiger partial charge in [-0.15, -0.1) is 0 Å². The number of nitrogens with two attached hydrogens (primary N) is 1. The van der Waals surface area contributed by atoms with Crippen LogP contribution >= 0.6 is 0 Å². The largest absolute Gasteiger partial charge is 0.341 e. The first kappa shape index (κ1) is 10.2. The van der Waals surface area contributed by atoms with E-state index in [9.17, 15) is 4.79 Å². The summed E-state index contributed by atoms with van der Waals surface area (Å²) in [5.74, 6) is 0.0236. The number of likely N-dealkylation sites (N-methyl/N-ethyl adjacent to an activating group) is 1. The quantitative estimate of drug-likeness (QED) is 0.600. The van der Waals surface area contributed by atoms with Crippen LogP contribution in [0.2, 0.25) is 0 Å². The third kappa shape index (κ3) is 4.56. The lowest BCUT2D eigenvalue weighted by Gasteiger charge is -2.13. The van der Waals surface area contributed by atoms with Gasteiger partial charge < -0.3 is 10.6 Å². The third-order valence-corrected chi connectivity index (χ3v) is 1.25. The van der Waals surface area contributed by atoms with Gasteiger partial charge in [0, 0.05) is 26.2 Å². The van der Waals surface area contributed by atoms with Gasteiger partial charge in [-0.1, -0.05) is 5.57 Å². The number of rotatable bonds is 3. The van der Waals surface area contributed by atoms with Gasteiger partial charge in [0.05, 0.1) is 0 Å². The predicted molar refractivity (Wildman–Crippen MR) is 46.1 cm³/mol. The fraction of sp³-hybridized carbons (Fsp3) is 0.625.